The number of phenols is 3. The zero-order chi connectivity index (χ0) is 15.0. The number of carboxylic acids is 1. The molecule has 0 fully saturated rings. The summed E-state index contributed by atoms with van der Waals surface area (Å²) in [5.74, 6) is -3.53. The number of esters is 1. The van der Waals surface area contributed by atoms with Gasteiger partial charge in [0, 0.05) is 6.92 Å². The molecule has 0 amide bonds. The maximum Gasteiger partial charge on any atom is 0.335 e. The monoisotopic (exact) mass is 272 g/mol. The van der Waals surface area contributed by atoms with E-state index in [-0.39, 0.29) is 11.5 Å². The van der Waals surface area contributed by atoms with Gasteiger partial charge in [-0.15, -0.1) is 0 Å². The van der Waals surface area contributed by atoms with E-state index >= 15 is 0 Å². The summed E-state index contributed by atoms with van der Waals surface area (Å²) in [6.07, 6.45) is 0.902. The van der Waals surface area contributed by atoms with Crippen molar-refractivity contribution in [1.29, 1.82) is 0 Å². The highest BCUT2D eigenvalue weighted by atomic mass is 16.5. The van der Waals surface area contributed by atoms with Crippen molar-refractivity contribution < 1.29 is 34.8 Å². The number of hydrogen-bond acceptors (Lipinski definition) is 6. The van der Waals surface area contributed by atoms with Gasteiger partial charge in [-0.2, -0.15) is 0 Å². The van der Waals surface area contributed by atoms with Gasteiger partial charge in [0.25, 0.3) is 0 Å². The fraction of sp³-hybridized carbons (Fsp3) is 0.333. The molecule has 1 rings (SSSR count). The van der Waals surface area contributed by atoms with E-state index in [2.05, 4.69) is 4.74 Å². The summed E-state index contributed by atoms with van der Waals surface area (Å²) in [6, 6.07) is 1.69. The highest BCUT2D eigenvalue weighted by molar-refractivity contribution is 5.89. The van der Waals surface area contributed by atoms with E-state index in [4.69, 9.17) is 20.4 Å². The Balaban J connectivity index is 0.000000399. The minimum atomic E-state index is -1.29. The van der Waals surface area contributed by atoms with Gasteiger partial charge in [0.15, 0.2) is 17.2 Å². The van der Waals surface area contributed by atoms with Crippen molar-refractivity contribution in [3.63, 3.8) is 0 Å². The number of ether oxygens (including phenoxy) is 1. The second kappa shape index (κ2) is 7.80. The van der Waals surface area contributed by atoms with Gasteiger partial charge in [0.2, 0.25) is 0 Å². The summed E-state index contributed by atoms with van der Waals surface area (Å²) in [4.78, 5) is 20.3. The summed E-state index contributed by atoms with van der Waals surface area (Å²) in [5, 5.41) is 35.0. The lowest BCUT2D eigenvalue weighted by Crippen LogP contribution is -1.98. The molecule has 4 N–H and O–H groups in total. The Hall–Kier alpha value is -2.44. The topological polar surface area (TPSA) is 124 Å². The molecular formula is C12H16O7. The molecule has 19 heavy (non-hydrogen) atoms. The van der Waals surface area contributed by atoms with Crippen LogP contribution in [0.3, 0.4) is 0 Å². The van der Waals surface area contributed by atoms with Gasteiger partial charge in [-0.1, -0.05) is 6.92 Å². The van der Waals surface area contributed by atoms with E-state index in [9.17, 15) is 9.59 Å². The van der Waals surface area contributed by atoms with Gasteiger partial charge >= 0.3 is 11.9 Å². The first-order chi connectivity index (χ1) is 8.79. The predicted molar refractivity (Wildman–Crippen MR) is 65.3 cm³/mol. The molecule has 0 atom stereocenters. The molecule has 0 spiro atoms. The number of aromatic carboxylic acids is 1. The van der Waals surface area contributed by atoms with E-state index in [0.717, 1.165) is 18.6 Å². The summed E-state index contributed by atoms with van der Waals surface area (Å²) < 4.78 is 4.55. The van der Waals surface area contributed by atoms with Crippen LogP contribution in [-0.2, 0) is 9.53 Å². The first kappa shape index (κ1) is 16.6. The smallest absolute Gasteiger partial charge is 0.335 e. The fourth-order valence-corrected chi connectivity index (χ4v) is 0.973. The molecule has 1 aromatic carbocycles. The lowest BCUT2D eigenvalue weighted by Gasteiger charge is -2.01. The molecule has 0 bridgehead atoms. The number of hydrogen-bond donors (Lipinski definition) is 4. The Labute approximate surface area is 109 Å². The number of carboxylic acid groups (broad SMARTS) is 1. The third-order valence-corrected chi connectivity index (χ3v) is 1.83. The van der Waals surface area contributed by atoms with Crippen LogP contribution in [0.25, 0.3) is 0 Å². The molecule has 0 heterocycles. The highest BCUT2D eigenvalue weighted by Gasteiger charge is 2.11. The summed E-state index contributed by atoms with van der Waals surface area (Å²) in [7, 11) is 0. The van der Waals surface area contributed by atoms with Crippen molar-refractivity contribution in [1.82, 2.24) is 0 Å². The van der Waals surface area contributed by atoms with E-state index in [1.165, 1.54) is 6.92 Å². The molecule has 7 heteroatoms. The van der Waals surface area contributed by atoms with Crippen LogP contribution in [0, 0.1) is 0 Å². The second-order valence-corrected chi connectivity index (χ2v) is 3.51. The molecule has 0 aliphatic rings. The Kier molecular flexibility index (Phi) is 6.80. The molecule has 0 radical (unpaired) electrons. The zero-order valence-electron chi connectivity index (χ0n) is 10.6. The Bertz CT molecular complexity index is 430. The van der Waals surface area contributed by atoms with E-state index in [0.29, 0.717) is 6.61 Å². The number of aromatic hydroxyl groups is 3. The largest absolute Gasteiger partial charge is 0.504 e. The lowest BCUT2D eigenvalue weighted by atomic mass is 10.2. The van der Waals surface area contributed by atoms with Crippen LogP contribution in [0.1, 0.15) is 30.6 Å². The van der Waals surface area contributed by atoms with Crippen LogP contribution in [0.2, 0.25) is 0 Å². The van der Waals surface area contributed by atoms with Crippen molar-refractivity contribution in [2.45, 2.75) is 20.3 Å². The molecule has 0 saturated heterocycles. The van der Waals surface area contributed by atoms with Crippen LogP contribution in [0.4, 0.5) is 0 Å². The van der Waals surface area contributed by atoms with Crippen LogP contribution < -0.4 is 0 Å². The van der Waals surface area contributed by atoms with Crippen molar-refractivity contribution in [3.05, 3.63) is 17.7 Å². The van der Waals surface area contributed by atoms with Crippen molar-refractivity contribution in [2.75, 3.05) is 6.61 Å². The fourth-order valence-electron chi connectivity index (χ4n) is 0.973. The highest BCUT2D eigenvalue weighted by Crippen LogP contribution is 2.35. The molecule has 0 unspecified atom stereocenters. The van der Waals surface area contributed by atoms with Crippen molar-refractivity contribution in [3.8, 4) is 17.2 Å². The van der Waals surface area contributed by atoms with Gasteiger partial charge in [0.05, 0.1) is 12.2 Å². The van der Waals surface area contributed by atoms with E-state index in [1.807, 2.05) is 6.92 Å². The minimum absolute atomic E-state index is 0.193. The molecule has 0 saturated carbocycles. The number of carbonyl (C=O) groups is 2. The summed E-state index contributed by atoms with van der Waals surface area (Å²) >= 11 is 0. The lowest BCUT2D eigenvalue weighted by molar-refractivity contribution is -0.140. The van der Waals surface area contributed by atoms with Gasteiger partial charge in [-0.25, -0.2) is 4.79 Å². The Morgan fingerprint density at radius 1 is 1.16 bits per heavy atom. The molecular weight excluding hydrogens is 256 g/mol. The van der Waals surface area contributed by atoms with Gasteiger partial charge in [-0.05, 0) is 18.6 Å². The predicted octanol–water partition coefficient (Wildman–Crippen LogP) is 1.46. The number of rotatable bonds is 3. The normalized spacial score (nSPS) is 9.16. The Morgan fingerprint density at radius 3 is 1.89 bits per heavy atom. The third kappa shape index (κ3) is 6.16. The van der Waals surface area contributed by atoms with E-state index in [1.54, 1.807) is 0 Å². The average Bonchev–Trinajstić information content (AvgIpc) is 2.33. The van der Waals surface area contributed by atoms with Crippen LogP contribution in [0.15, 0.2) is 12.1 Å². The standard InChI is InChI=1S/C7H6O5.C5H10O2/c8-4-1-3(7(11)12)2-5(9)6(4)10;1-3-4-7-5(2)6/h1-2,8-10H,(H,11,12);3-4H2,1-2H3. The van der Waals surface area contributed by atoms with Gasteiger partial charge < -0.3 is 25.2 Å². The van der Waals surface area contributed by atoms with E-state index < -0.39 is 23.2 Å². The SMILES string of the molecule is CCCOC(C)=O.O=C(O)c1cc(O)c(O)c(O)c1. The van der Waals surface area contributed by atoms with Crippen molar-refractivity contribution in [2.24, 2.45) is 0 Å². The number of benzene rings is 1. The molecule has 0 aliphatic carbocycles. The maximum absolute atomic E-state index is 10.3. The molecule has 0 aromatic heterocycles. The summed E-state index contributed by atoms with van der Waals surface area (Å²) in [6.45, 7) is 3.92. The molecule has 1 aromatic rings. The molecule has 7 nitrogen and oxygen atoms in total. The second-order valence-electron chi connectivity index (χ2n) is 3.51. The van der Waals surface area contributed by atoms with Gasteiger partial charge in [-0.3, -0.25) is 4.79 Å². The summed E-state index contributed by atoms with van der Waals surface area (Å²) in [5.41, 5.74) is -0.289. The van der Waals surface area contributed by atoms with Crippen LogP contribution in [-0.4, -0.2) is 39.0 Å². The quantitative estimate of drug-likeness (QED) is 0.485. The first-order valence-corrected chi connectivity index (χ1v) is 5.41. The van der Waals surface area contributed by atoms with Gasteiger partial charge in [0.1, 0.15) is 0 Å². The number of phenolic OH excluding ortho intramolecular Hbond substituents is 3. The minimum Gasteiger partial charge on any atom is -0.504 e. The Morgan fingerprint density at radius 2 is 1.63 bits per heavy atom. The van der Waals surface area contributed by atoms with Crippen molar-refractivity contribution >= 4 is 11.9 Å². The van der Waals surface area contributed by atoms with Crippen LogP contribution >= 0.6 is 0 Å². The zero-order valence-corrected chi connectivity index (χ0v) is 10.6. The molecule has 106 valence electrons. The maximum atomic E-state index is 10.3. The number of carbonyl (C=O) groups excluding carboxylic acids is 1. The van der Waals surface area contributed by atoms with Crippen LogP contribution in [0.5, 0.6) is 17.2 Å². The first-order valence-electron chi connectivity index (χ1n) is 5.41. The average molecular weight is 272 g/mol. The third-order valence-electron chi connectivity index (χ3n) is 1.83. The molecule has 0 aliphatic heterocycles.